The fourth-order valence-electron chi connectivity index (χ4n) is 1.06. The van der Waals surface area contributed by atoms with Crippen molar-refractivity contribution < 1.29 is 0 Å². The van der Waals surface area contributed by atoms with Gasteiger partial charge in [0.15, 0.2) is 0 Å². The van der Waals surface area contributed by atoms with Crippen molar-refractivity contribution in [3.8, 4) is 0 Å². The van der Waals surface area contributed by atoms with Crippen LogP contribution in [-0.2, 0) is 6.54 Å². The molecule has 0 radical (unpaired) electrons. The standard InChI is InChI=1S/C9H12BrNOS/c1-13-7-3-6-11-5-2-4-8(10)9(11)12/h2,4-5H,3,6-7H2,1H3. The van der Waals surface area contributed by atoms with Crippen molar-refractivity contribution >= 4 is 27.7 Å². The van der Waals surface area contributed by atoms with Gasteiger partial charge in [-0.25, -0.2) is 0 Å². The molecule has 13 heavy (non-hydrogen) atoms. The van der Waals surface area contributed by atoms with Gasteiger partial charge in [-0.2, -0.15) is 11.8 Å². The Balaban J connectivity index is 2.67. The Kier molecular flexibility index (Phi) is 4.59. The van der Waals surface area contributed by atoms with E-state index in [0.29, 0.717) is 4.47 Å². The molecule has 0 saturated carbocycles. The lowest BCUT2D eigenvalue weighted by Crippen LogP contribution is -2.19. The lowest BCUT2D eigenvalue weighted by molar-refractivity contribution is 0.656. The first-order valence-electron chi connectivity index (χ1n) is 4.09. The summed E-state index contributed by atoms with van der Waals surface area (Å²) in [5.41, 5.74) is 0.0589. The van der Waals surface area contributed by atoms with Crippen LogP contribution in [0.2, 0.25) is 0 Å². The Bertz CT molecular complexity index is 324. The van der Waals surface area contributed by atoms with E-state index in [-0.39, 0.29) is 5.56 Å². The molecule has 1 aromatic rings. The molecule has 0 aliphatic heterocycles. The van der Waals surface area contributed by atoms with Crippen molar-refractivity contribution in [2.75, 3.05) is 12.0 Å². The minimum Gasteiger partial charge on any atom is -0.315 e. The quantitative estimate of drug-likeness (QED) is 0.777. The highest BCUT2D eigenvalue weighted by Crippen LogP contribution is 2.02. The molecule has 0 bridgehead atoms. The second-order valence-corrected chi connectivity index (χ2v) is 4.54. The molecule has 0 atom stereocenters. The highest BCUT2D eigenvalue weighted by Gasteiger charge is 1.98. The van der Waals surface area contributed by atoms with Crippen LogP contribution in [0.3, 0.4) is 0 Å². The number of hydrogen-bond donors (Lipinski definition) is 0. The summed E-state index contributed by atoms with van der Waals surface area (Å²) in [4.78, 5) is 11.5. The summed E-state index contributed by atoms with van der Waals surface area (Å²) in [6.45, 7) is 0.805. The third-order valence-electron chi connectivity index (χ3n) is 1.72. The molecule has 0 unspecified atom stereocenters. The molecule has 2 nitrogen and oxygen atoms in total. The summed E-state index contributed by atoms with van der Waals surface area (Å²) in [6.07, 6.45) is 4.94. The number of rotatable bonds is 4. The first-order valence-corrected chi connectivity index (χ1v) is 6.28. The molecule has 0 amide bonds. The zero-order valence-corrected chi connectivity index (χ0v) is 9.90. The van der Waals surface area contributed by atoms with Crippen molar-refractivity contribution in [3.63, 3.8) is 0 Å². The van der Waals surface area contributed by atoms with Gasteiger partial charge in [-0.05, 0) is 46.5 Å². The molecule has 0 aliphatic rings. The second-order valence-electron chi connectivity index (χ2n) is 2.70. The van der Waals surface area contributed by atoms with Gasteiger partial charge in [-0.3, -0.25) is 4.79 Å². The minimum absolute atomic E-state index is 0.0589. The lowest BCUT2D eigenvalue weighted by atomic mass is 10.4. The van der Waals surface area contributed by atoms with Crippen molar-refractivity contribution in [2.24, 2.45) is 0 Å². The molecule has 1 heterocycles. The SMILES string of the molecule is CSCCCn1cccc(Br)c1=O. The number of aryl methyl sites for hydroxylation is 1. The molecular weight excluding hydrogens is 250 g/mol. The van der Waals surface area contributed by atoms with E-state index in [2.05, 4.69) is 22.2 Å². The number of thioether (sulfide) groups is 1. The van der Waals surface area contributed by atoms with Crippen LogP contribution in [0, 0.1) is 0 Å². The van der Waals surface area contributed by atoms with Gasteiger partial charge < -0.3 is 4.57 Å². The third-order valence-corrected chi connectivity index (χ3v) is 3.02. The van der Waals surface area contributed by atoms with Gasteiger partial charge in [-0.1, -0.05) is 0 Å². The summed E-state index contributed by atoms with van der Waals surface area (Å²) in [5.74, 6) is 1.10. The maximum Gasteiger partial charge on any atom is 0.264 e. The van der Waals surface area contributed by atoms with Crippen molar-refractivity contribution in [1.82, 2.24) is 4.57 Å². The normalized spacial score (nSPS) is 10.3. The number of pyridine rings is 1. The third kappa shape index (κ3) is 3.19. The van der Waals surface area contributed by atoms with E-state index in [9.17, 15) is 4.79 Å². The van der Waals surface area contributed by atoms with Gasteiger partial charge in [0, 0.05) is 12.7 Å². The van der Waals surface area contributed by atoms with Gasteiger partial charge in [-0.15, -0.1) is 0 Å². The molecule has 0 fully saturated rings. The lowest BCUT2D eigenvalue weighted by Gasteiger charge is -2.04. The summed E-state index contributed by atoms with van der Waals surface area (Å²) in [5, 5.41) is 0. The molecule has 0 aromatic carbocycles. The van der Waals surface area contributed by atoms with Gasteiger partial charge in [0.25, 0.3) is 5.56 Å². The smallest absolute Gasteiger partial charge is 0.264 e. The molecule has 72 valence electrons. The summed E-state index contributed by atoms with van der Waals surface area (Å²) in [6, 6.07) is 3.65. The highest BCUT2D eigenvalue weighted by atomic mass is 79.9. The van der Waals surface area contributed by atoms with Crippen LogP contribution in [0.5, 0.6) is 0 Å². The van der Waals surface area contributed by atoms with E-state index in [1.165, 1.54) is 0 Å². The van der Waals surface area contributed by atoms with Gasteiger partial charge in [0.2, 0.25) is 0 Å². The fraction of sp³-hybridized carbons (Fsp3) is 0.444. The first kappa shape index (κ1) is 10.9. The van der Waals surface area contributed by atoms with Crippen LogP contribution in [0.15, 0.2) is 27.6 Å². The predicted octanol–water partition coefficient (Wildman–Crippen LogP) is 2.36. The maximum atomic E-state index is 11.5. The number of nitrogens with zero attached hydrogens (tertiary/aromatic N) is 1. The Morgan fingerprint density at radius 2 is 2.38 bits per heavy atom. The zero-order chi connectivity index (χ0) is 9.68. The largest absolute Gasteiger partial charge is 0.315 e. The monoisotopic (exact) mass is 261 g/mol. The molecule has 1 aromatic heterocycles. The van der Waals surface area contributed by atoms with E-state index in [1.54, 1.807) is 22.4 Å². The van der Waals surface area contributed by atoms with E-state index in [0.717, 1.165) is 18.7 Å². The van der Waals surface area contributed by atoms with Crippen LogP contribution in [0.4, 0.5) is 0 Å². The van der Waals surface area contributed by atoms with Crippen LogP contribution in [-0.4, -0.2) is 16.6 Å². The van der Waals surface area contributed by atoms with E-state index >= 15 is 0 Å². The molecule has 4 heteroatoms. The first-order chi connectivity index (χ1) is 6.25. The summed E-state index contributed by atoms with van der Waals surface area (Å²) in [7, 11) is 0. The van der Waals surface area contributed by atoms with Crippen LogP contribution in [0.25, 0.3) is 0 Å². The van der Waals surface area contributed by atoms with E-state index in [4.69, 9.17) is 0 Å². The molecule has 0 N–H and O–H groups in total. The Morgan fingerprint density at radius 1 is 1.62 bits per heavy atom. The molecule has 0 aliphatic carbocycles. The average Bonchev–Trinajstić information content (AvgIpc) is 2.13. The topological polar surface area (TPSA) is 22.0 Å². The Morgan fingerprint density at radius 3 is 3.08 bits per heavy atom. The van der Waals surface area contributed by atoms with E-state index in [1.807, 2.05) is 12.3 Å². The van der Waals surface area contributed by atoms with Crippen molar-refractivity contribution in [3.05, 3.63) is 33.2 Å². The predicted molar refractivity (Wildman–Crippen MR) is 61.4 cm³/mol. The minimum atomic E-state index is 0.0589. The Hall–Kier alpha value is -0.220. The van der Waals surface area contributed by atoms with Crippen LogP contribution < -0.4 is 5.56 Å². The molecule has 1 rings (SSSR count). The van der Waals surface area contributed by atoms with Crippen LogP contribution in [0.1, 0.15) is 6.42 Å². The number of hydrogen-bond acceptors (Lipinski definition) is 2. The average molecular weight is 262 g/mol. The number of aromatic nitrogens is 1. The summed E-state index contributed by atoms with van der Waals surface area (Å²) < 4.78 is 2.37. The molecule has 0 saturated heterocycles. The van der Waals surface area contributed by atoms with Crippen LogP contribution >= 0.6 is 27.7 Å². The Labute approximate surface area is 90.5 Å². The fourth-order valence-corrected chi connectivity index (χ4v) is 1.86. The highest BCUT2D eigenvalue weighted by molar-refractivity contribution is 9.10. The molecular formula is C9H12BrNOS. The van der Waals surface area contributed by atoms with Crippen molar-refractivity contribution in [2.45, 2.75) is 13.0 Å². The zero-order valence-electron chi connectivity index (χ0n) is 7.50. The number of halogens is 1. The van der Waals surface area contributed by atoms with Gasteiger partial charge in [0.1, 0.15) is 0 Å². The van der Waals surface area contributed by atoms with Gasteiger partial charge in [0.05, 0.1) is 4.47 Å². The van der Waals surface area contributed by atoms with Gasteiger partial charge >= 0.3 is 0 Å². The summed E-state index contributed by atoms with van der Waals surface area (Å²) >= 11 is 5.02. The van der Waals surface area contributed by atoms with E-state index < -0.39 is 0 Å². The maximum absolute atomic E-state index is 11.5. The van der Waals surface area contributed by atoms with Crippen molar-refractivity contribution in [1.29, 1.82) is 0 Å². The second kappa shape index (κ2) is 5.50. The molecule has 0 spiro atoms.